The van der Waals surface area contributed by atoms with E-state index in [-0.39, 0.29) is 29.5 Å². The van der Waals surface area contributed by atoms with Gasteiger partial charge in [0.1, 0.15) is 29.6 Å². The predicted molar refractivity (Wildman–Crippen MR) is 144 cm³/mol. The van der Waals surface area contributed by atoms with Crippen molar-refractivity contribution in [3.05, 3.63) is 88.5 Å². The number of thiophene rings is 1. The molecule has 0 unspecified atom stereocenters. The number of ether oxygens (including phenoxy) is 2. The van der Waals surface area contributed by atoms with Crippen molar-refractivity contribution in [1.29, 1.82) is 0 Å². The molecule has 1 N–H and O–H groups in total. The molecular formula is C30H22F3NO5S. The third-order valence-corrected chi connectivity index (χ3v) is 7.78. The van der Waals surface area contributed by atoms with Crippen LogP contribution in [-0.4, -0.2) is 22.6 Å². The summed E-state index contributed by atoms with van der Waals surface area (Å²) in [5.41, 5.74) is 4.20. The van der Waals surface area contributed by atoms with Crippen LogP contribution < -0.4 is 9.47 Å². The van der Waals surface area contributed by atoms with E-state index in [1.54, 1.807) is 11.4 Å². The molecular weight excluding hydrogens is 543 g/mol. The Morgan fingerprint density at radius 2 is 1.90 bits per heavy atom. The number of carboxylic acid groups (broad SMARTS) is 1. The van der Waals surface area contributed by atoms with Crippen LogP contribution in [0, 0.1) is 6.92 Å². The number of aromatic carboxylic acids is 1. The standard InChI is InChI=1S/C30H22F3NO5S/c1-16-12-19(9-11-20(16)18-8-10-21-24(29(35)36)15-40-26(21)13-18)37-14-23-27(34-39-28(23)17-6-7-17)22-4-2-3-5-25(22)38-30(31,32)33/h2-5,8-13,15,17H,6-7,14H2,1H3,(H,35,36). The Bertz CT molecular complexity index is 1740. The molecule has 10 heteroatoms. The summed E-state index contributed by atoms with van der Waals surface area (Å²) in [7, 11) is 0. The summed E-state index contributed by atoms with van der Waals surface area (Å²) in [6.45, 7) is 2.01. The van der Waals surface area contributed by atoms with E-state index in [0.29, 0.717) is 28.0 Å². The largest absolute Gasteiger partial charge is 0.573 e. The van der Waals surface area contributed by atoms with Crippen LogP contribution in [-0.2, 0) is 6.61 Å². The van der Waals surface area contributed by atoms with Crippen molar-refractivity contribution in [2.75, 3.05) is 0 Å². The normalized spacial score (nSPS) is 13.5. The number of halogens is 3. The highest BCUT2D eigenvalue weighted by molar-refractivity contribution is 7.17. The van der Waals surface area contributed by atoms with Crippen LogP contribution in [0.25, 0.3) is 32.5 Å². The lowest BCUT2D eigenvalue weighted by atomic mass is 9.99. The van der Waals surface area contributed by atoms with Gasteiger partial charge in [-0.3, -0.25) is 0 Å². The third-order valence-electron chi connectivity index (χ3n) is 6.83. The van der Waals surface area contributed by atoms with Gasteiger partial charge in [-0.2, -0.15) is 0 Å². The quantitative estimate of drug-likeness (QED) is 0.203. The highest BCUT2D eigenvalue weighted by Gasteiger charge is 2.35. The van der Waals surface area contributed by atoms with Crippen molar-refractivity contribution in [1.82, 2.24) is 5.16 Å². The average molecular weight is 566 g/mol. The zero-order valence-electron chi connectivity index (χ0n) is 21.1. The van der Waals surface area contributed by atoms with E-state index in [9.17, 15) is 23.1 Å². The number of para-hydroxylation sites is 1. The van der Waals surface area contributed by atoms with Gasteiger partial charge in [-0.05, 0) is 66.8 Å². The fourth-order valence-electron chi connectivity index (χ4n) is 4.78. The Labute approximate surface area is 230 Å². The van der Waals surface area contributed by atoms with Crippen LogP contribution in [0.4, 0.5) is 13.2 Å². The van der Waals surface area contributed by atoms with Gasteiger partial charge in [0.05, 0.1) is 11.1 Å². The number of rotatable bonds is 8. The summed E-state index contributed by atoms with van der Waals surface area (Å²) in [4.78, 5) is 11.4. The number of carboxylic acids is 1. The van der Waals surface area contributed by atoms with E-state index < -0.39 is 12.3 Å². The van der Waals surface area contributed by atoms with Gasteiger partial charge in [-0.25, -0.2) is 4.79 Å². The number of aromatic nitrogens is 1. The molecule has 1 aliphatic rings. The van der Waals surface area contributed by atoms with Crippen LogP contribution in [0.5, 0.6) is 11.5 Å². The van der Waals surface area contributed by atoms with E-state index in [1.807, 2.05) is 43.3 Å². The first-order chi connectivity index (χ1) is 19.2. The molecule has 6 rings (SSSR count). The number of aryl methyl sites for hydroxylation is 1. The summed E-state index contributed by atoms with van der Waals surface area (Å²) in [6.07, 6.45) is -3.01. The molecule has 0 radical (unpaired) electrons. The summed E-state index contributed by atoms with van der Waals surface area (Å²) in [5, 5.41) is 15.8. The molecule has 40 heavy (non-hydrogen) atoms. The van der Waals surface area contributed by atoms with Gasteiger partial charge in [0.15, 0.2) is 0 Å². The summed E-state index contributed by atoms with van der Waals surface area (Å²) in [6, 6.07) is 17.2. The van der Waals surface area contributed by atoms with Crippen molar-refractivity contribution in [2.24, 2.45) is 0 Å². The Balaban J connectivity index is 1.27. The molecule has 0 spiro atoms. The Morgan fingerprint density at radius 1 is 1.10 bits per heavy atom. The minimum absolute atomic E-state index is 0.0585. The molecule has 2 aromatic heterocycles. The van der Waals surface area contributed by atoms with Crippen molar-refractivity contribution < 1.29 is 37.1 Å². The van der Waals surface area contributed by atoms with Crippen molar-refractivity contribution in [3.8, 4) is 33.9 Å². The van der Waals surface area contributed by atoms with Gasteiger partial charge in [-0.15, -0.1) is 24.5 Å². The number of benzene rings is 3. The minimum Gasteiger partial charge on any atom is -0.489 e. The van der Waals surface area contributed by atoms with Crippen molar-refractivity contribution in [2.45, 2.75) is 38.7 Å². The highest BCUT2D eigenvalue weighted by Crippen LogP contribution is 2.46. The van der Waals surface area contributed by atoms with E-state index in [2.05, 4.69) is 9.89 Å². The molecule has 1 saturated carbocycles. The van der Waals surface area contributed by atoms with E-state index in [1.165, 1.54) is 29.5 Å². The number of hydrogen-bond donors (Lipinski definition) is 1. The van der Waals surface area contributed by atoms with Gasteiger partial charge in [-0.1, -0.05) is 35.5 Å². The molecule has 6 nitrogen and oxygen atoms in total. The average Bonchev–Trinajstić information content (AvgIpc) is 3.52. The van der Waals surface area contributed by atoms with Gasteiger partial charge in [0.2, 0.25) is 0 Å². The zero-order valence-corrected chi connectivity index (χ0v) is 21.9. The maximum absolute atomic E-state index is 13.0. The van der Waals surface area contributed by atoms with Crippen LogP contribution in [0.3, 0.4) is 0 Å². The maximum Gasteiger partial charge on any atom is 0.573 e. The molecule has 0 saturated heterocycles. The lowest BCUT2D eigenvalue weighted by Gasteiger charge is -2.14. The molecule has 0 bridgehead atoms. The Morgan fingerprint density at radius 3 is 2.62 bits per heavy atom. The zero-order chi connectivity index (χ0) is 28.0. The van der Waals surface area contributed by atoms with Crippen LogP contribution in [0.1, 0.15) is 46.0 Å². The van der Waals surface area contributed by atoms with Crippen molar-refractivity contribution >= 4 is 27.4 Å². The molecule has 204 valence electrons. The summed E-state index contributed by atoms with van der Waals surface area (Å²) in [5.74, 6) is 0.0584. The smallest absolute Gasteiger partial charge is 0.489 e. The molecule has 2 heterocycles. The second-order valence-corrected chi connectivity index (χ2v) is 10.5. The predicted octanol–water partition coefficient (Wildman–Crippen LogP) is 8.58. The SMILES string of the molecule is Cc1cc(OCc2c(-c3ccccc3OC(F)(F)F)noc2C2CC2)ccc1-c1ccc2c(C(=O)O)csc2c1. The van der Waals surface area contributed by atoms with Crippen molar-refractivity contribution in [3.63, 3.8) is 0 Å². The summed E-state index contributed by atoms with van der Waals surface area (Å²) >= 11 is 1.39. The monoisotopic (exact) mass is 565 g/mol. The van der Waals surface area contributed by atoms with Gasteiger partial charge < -0.3 is 19.1 Å². The van der Waals surface area contributed by atoms with Crippen LogP contribution in [0.2, 0.25) is 0 Å². The highest BCUT2D eigenvalue weighted by atomic mass is 32.1. The fraction of sp³-hybridized carbons (Fsp3) is 0.200. The van der Waals surface area contributed by atoms with E-state index in [4.69, 9.17) is 9.26 Å². The first kappa shape index (κ1) is 25.9. The molecule has 1 fully saturated rings. The first-order valence-corrected chi connectivity index (χ1v) is 13.4. The number of nitrogens with zero attached hydrogens (tertiary/aromatic N) is 1. The van der Waals surface area contributed by atoms with Crippen LogP contribution >= 0.6 is 11.3 Å². The number of hydrogen-bond acceptors (Lipinski definition) is 6. The topological polar surface area (TPSA) is 81.8 Å². The van der Waals surface area contributed by atoms with Gasteiger partial charge >= 0.3 is 12.3 Å². The second-order valence-electron chi connectivity index (χ2n) is 9.62. The molecule has 3 aromatic carbocycles. The lowest BCUT2D eigenvalue weighted by molar-refractivity contribution is -0.274. The Kier molecular flexibility index (Phi) is 6.50. The number of alkyl halides is 3. The summed E-state index contributed by atoms with van der Waals surface area (Å²) < 4.78 is 56.0. The first-order valence-electron chi connectivity index (χ1n) is 12.5. The third kappa shape index (κ3) is 5.14. The molecule has 5 aromatic rings. The van der Waals surface area contributed by atoms with Gasteiger partial charge in [0, 0.05) is 26.9 Å². The molecule has 1 aliphatic carbocycles. The van der Waals surface area contributed by atoms with E-state index in [0.717, 1.165) is 34.2 Å². The Hall–Kier alpha value is -4.31. The molecule has 0 amide bonds. The fourth-order valence-corrected chi connectivity index (χ4v) is 5.75. The molecule has 0 atom stereocenters. The minimum atomic E-state index is -4.85. The second kappa shape index (κ2) is 10.0. The number of fused-ring (bicyclic) bond motifs is 1. The van der Waals surface area contributed by atoms with Gasteiger partial charge in [0.25, 0.3) is 0 Å². The lowest BCUT2D eigenvalue weighted by Crippen LogP contribution is -2.17. The molecule has 0 aliphatic heterocycles. The number of carbonyl (C=O) groups is 1. The van der Waals surface area contributed by atoms with Crippen LogP contribution in [0.15, 0.2) is 70.6 Å². The maximum atomic E-state index is 13.0. The van der Waals surface area contributed by atoms with E-state index >= 15 is 0 Å².